The zero-order valence-corrected chi connectivity index (χ0v) is 27.4. The van der Waals surface area contributed by atoms with E-state index in [0.717, 1.165) is 11.1 Å². The summed E-state index contributed by atoms with van der Waals surface area (Å²) in [5.74, 6) is -0.383. The number of alkyl carbamates (subject to hydrolysis) is 2. The molecule has 14 heteroatoms. The van der Waals surface area contributed by atoms with Crippen LogP contribution in [0.1, 0.15) is 51.2 Å². The lowest BCUT2D eigenvalue weighted by molar-refractivity contribution is -0.123. The number of amides is 4. The molecule has 4 amide bonds. The Morgan fingerprint density at radius 1 is 0.660 bits per heavy atom. The highest BCUT2D eigenvalue weighted by Crippen LogP contribution is 2.07. The zero-order chi connectivity index (χ0) is 34.2. The fourth-order valence-electron chi connectivity index (χ4n) is 3.81. The van der Waals surface area contributed by atoms with Crippen LogP contribution in [0, 0.1) is 0 Å². The van der Waals surface area contributed by atoms with Crippen LogP contribution in [-0.2, 0) is 46.5 Å². The Hall–Kier alpha value is -4.40. The van der Waals surface area contributed by atoms with Crippen LogP contribution in [0.25, 0.3) is 0 Å². The lowest BCUT2D eigenvalue weighted by atomic mass is 10.1. The van der Waals surface area contributed by atoms with Gasteiger partial charge in [-0.1, -0.05) is 60.7 Å². The highest BCUT2D eigenvalue weighted by molar-refractivity contribution is 5.85. The molecule has 0 radical (unpaired) electrons. The van der Waals surface area contributed by atoms with Crippen molar-refractivity contribution < 1.29 is 47.7 Å². The normalized spacial score (nSPS) is 11.6. The van der Waals surface area contributed by atoms with Gasteiger partial charge >= 0.3 is 18.3 Å². The highest BCUT2D eigenvalue weighted by Gasteiger charge is 2.21. The number of unbranched alkanes of at least 4 members (excludes halogenated alkanes) is 1. The van der Waals surface area contributed by atoms with Crippen molar-refractivity contribution in [1.82, 2.24) is 21.4 Å². The van der Waals surface area contributed by atoms with E-state index < -0.39 is 29.9 Å². The summed E-state index contributed by atoms with van der Waals surface area (Å²) in [5.41, 5.74) is 3.26. The smallest absolute Gasteiger partial charge is 0.431 e. The van der Waals surface area contributed by atoms with E-state index in [0.29, 0.717) is 25.8 Å². The van der Waals surface area contributed by atoms with E-state index in [-0.39, 0.29) is 58.7 Å². The Labute approximate surface area is 276 Å². The predicted molar refractivity (Wildman–Crippen MR) is 172 cm³/mol. The number of carbonyl (C=O) groups is 4. The third-order valence-electron chi connectivity index (χ3n) is 6.02. The minimum atomic E-state index is -0.846. The molecule has 2 rings (SSSR count). The molecule has 2 aromatic carbocycles. The summed E-state index contributed by atoms with van der Waals surface area (Å²) >= 11 is 0. The molecule has 0 bridgehead atoms. The second-order valence-electron chi connectivity index (χ2n) is 11.2. The summed E-state index contributed by atoms with van der Waals surface area (Å²) in [6.45, 7) is 7.21. The first-order chi connectivity index (χ1) is 22.6. The minimum absolute atomic E-state index is 0.0678. The molecule has 0 aliphatic carbocycles. The fraction of sp³-hybridized carbons (Fsp3) is 0.515. The Balaban J connectivity index is 1.63. The van der Waals surface area contributed by atoms with Gasteiger partial charge in [0.1, 0.15) is 24.9 Å². The van der Waals surface area contributed by atoms with E-state index in [2.05, 4.69) is 21.4 Å². The Kier molecular flexibility index (Phi) is 19.0. The molecule has 2 aromatic rings. The standard InChI is InChI=1S/C33H48N4O10/c1-33(2,3)47-32(41)37-46-23-22-43-21-20-42-19-18-34-29(38)28(36-31(40)45-25-27-14-8-5-9-15-27)16-10-11-17-35-30(39)44-24-26-12-6-4-7-13-26/h4-9,12-15,28H,10-11,16-25H2,1-3H3,(H,34,38)(H,35,39)(H,36,40)(H,37,41). The second-order valence-corrected chi connectivity index (χ2v) is 11.2. The molecule has 0 heterocycles. The van der Waals surface area contributed by atoms with Crippen LogP contribution < -0.4 is 21.4 Å². The maximum absolute atomic E-state index is 12.9. The van der Waals surface area contributed by atoms with E-state index in [1.54, 1.807) is 20.8 Å². The van der Waals surface area contributed by atoms with Crippen molar-refractivity contribution in [3.63, 3.8) is 0 Å². The Morgan fingerprint density at radius 3 is 1.85 bits per heavy atom. The van der Waals surface area contributed by atoms with E-state index in [1.807, 2.05) is 60.7 Å². The molecule has 1 atom stereocenters. The van der Waals surface area contributed by atoms with Crippen LogP contribution >= 0.6 is 0 Å². The van der Waals surface area contributed by atoms with E-state index in [9.17, 15) is 19.2 Å². The summed E-state index contributed by atoms with van der Waals surface area (Å²) < 4.78 is 26.4. The van der Waals surface area contributed by atoms with Crippen LogP contribution in [0.5, 0.6) is 0 Å². The van der Waals surface area contributed by atoms with Crippen molar-refractivity contribution in [2.24, 2.45) is 0 Å². The lowest BCUT2D eigenvalue weighted by Crippen LogP contribution is -2.47. The molecule has 4 N–H and O–H groups in total. The first kappa shape index (κ1) is 38.8. The molecule has 0 spiro atoms. The predicted octanol–water partition coefficient (Wildman–Crippen LogP) is 3.98. The summed E-state index contributed by atoms with van der Waals surface area (Å²) in [5, 5.41) is 8.09. The highest BCUT2D eigenvalue weighted by atomic mass is 16.7. The monoisotopic (exact) mass is 660 g/mol. The third-order valence-corrected chi connectivity index (χ3v) is 6.02. The molecule has 47 heavy (non-hydrogen) atoms. The van der Waals surface area contributed by atoms with Crippen LogP contribution in [0.3, 0.4) is 0 Å². The third kappa shape index (κ3) is 20.4. The molecule has 0 aliphatic heterocycles. The molecule has 0 saturated carbocycles. The van der Waals surface area contributed by atoms with Crippen LogP contribution in [0.2, 0.25) is 0 Å². The molecule has 1 unspecified atom stereocenters. The first-order valence-electron chi connectivity index (χ1n) is 15.6. The number of benzene rings is 2. The van der Waals surface area contributed by atoms with Crippen molar-refractivity contribution in [3.05, 3.63) is 71.8 Å². The van der Waals surface area contributed by atoms with Crippen molar-refractivity contribution in [2.45, 2.75) is 64.9 Å². The number of hydroxylamine groups is 1. The van der Waals surface area contributed by atoms with Gasteiger partial charge in [0, 0.05) is 13.1 Å². The van der Waals surface area contributed by atoms with E-state index in [1.165, 1.54) is 0 Å². The van der Waals surface area contributed by atoms with Gasteiger partial charge in [0.2, 0.25) is 5.91 Å². The molecule has 260 valence electrons. The van der Waals surface area contributed by atoms with Gasteiger partial charge in [-0.3, -0.25) is 9.63 Å². The number of hydrogen-bond acceptors (Lipinski definition) is 10. The van der Waals surface area contributed by atoms with Gasteiger partial charge in [-0.05, 0) is 51.2 Å². The first-order valence-corrected chi connectivity index (χ1v) is 15.6. The van der Waals surface area contributed by atoms with Crippen molar-refractivity contribution >= 4 is 24.2 Å². The molecule has 0 aliphatic rings. The Bertz CT molecular complexity index is 1180. The molecular formula is C33H48N4O10. The molecule has 14 nitrogen and oxygen atoms in total. The molecular weight excluding hydrogens is 612 g/mol. The average Bonchev–Trinajstić information content (AvgIpc) is 3.04. The van der Waals surface area contributed by atoms with Crippen LogP contribution in [0.4, 0.5) is 14.4 Å². The quantitative estimate of drug-likeness (QED) is 0.0872. The minimum Gasteiger partial charge on any atom is -0.445 e. The largest absolute Gasteiger partial charge is 0.445 e. The lowest BCUT2D eigenvalue weighted by Gasteiger charge is -2.19. The van der Waals surface area contributed by atoms with E-state index in [4.69, 9.17) is 28.5 Å². The number of hydrogen-bond donors (Lipinski definition) is 4. The van der Waals surface area contributed by atoms with Crippen molar-refractivity contribution in [2.75, 3.05) is 46.1 Å². The van der Waals surface area contributed by atoms with Crippen molar-refractivity contribution in [1.29, 1.82) is 0 Å². The number of rotatable bonds is 21. The maximum atomic E-state index is 12.9. The van der Waals surface area contributed by atoms with Gasteiger partial charge in [0.05, 0.1) is 33.0 Å². The van der Waals surface area contributed by atoms with Gasteiger partial charge in [-0.2, -0.15) is 5.48 Å². The van der Waals surface area contributed by atoms with Gasteiger partial charge in [0.25, 0.3) is 0 Å². The van der Waals surface area contributed by atoms with Gasteiger partial charge in [-0.15, -0.1) is 0 Å². The van der Waals surface area contributed by atoms with E-state index >= 15 is 0 Å². The van der Waals surface area contributed by atoms with Gasteiger partial charge in [0.15, 0.2) is 0 Å². The Morgan fingerprint density at radius 2 is 1.23 bits per heavy atom. The summed E-state index contributed by atoms with van der Waals surface area (Å²) in [6, 6.07) is 17.7. The molecule has 0 saturated heterocycles. The number of nitrogens with one attached hydrogen (secondary N) is 4. The van der Waals surface area contributed by atoms with Gasteiger partial charge in [-0.25, -0.2) is 14.4 Å². The second kappa shape index (κ2) is 23.0. The molecule has 0 fully saturated rings. The van der Waals surface area contributed by atoms with Gasteiger partial charge < -0.3 is 39.6 Å². The maximum Gasteiger partial charge on any atom is 0.431 e. The van der Waals surface area contributed by atoms with Crippen LogP contribution in [-0.4, -0.2) is 82.0 Å². The average molecular weight is 661 g/mol. The number of carbonyl (C=O) groups excluding carboxylic acids is 4. The summed E-state index contributed by atoms with van der Waals surface area (Å²) in [6.07, 6.45) is -0.489. The fourth-order valence-corrected chi connectivity index (χ4v) is 3.81. The molecule has 0 aromatic heterocycles. The SMILES string of the molecule is CC(C)(C)OC(=O)NOCCOCCOCCNC(=O)C(CCCCNC(=O)OCc1ccccc1)NC(=O)OCc1ccccc1. The summed E-state index contributed by atoms with van der Waals surface area (Å²) in [4.78, 5) is 53.8. The zero-order valence-electron chi connectivity index (χ0n) is 27.4. The topological polar surface area (TPSA) is 172 Å². The van der Waals surface area contributed by atoms with Crippen molar-refractivity contribution in [3.8, 4) is 0 Å². The summed E-state index contributed by atoms with van der Waals surface area (Å²) in [7, 11) is 0. The number of ether oxygens (including phenoxy) is 5. The van der Waals surface area contributed by atoms with Crippen LogP contribution in [0.15, 0.2) is 60.7 Å².